The summed E-state index contributed by atoms with van der Waals surface area (Å²) in [7, 11) is 2.05. The van der Waals surface area contributed by atoms with Crippen molar-refractivity contribution in [1.29, 1.82) is 0 Å². The molecule has 1 atom stereocenters. The van der Waals surface area contributed by atoms with Gasteiger partial charge in [-0.05, 0) is 18.9 Å². The van der Waals surface area contributed by atoms with Crippen LogP contribution in [0.25, 0.3) is 0 Å². The normalized spacial score (nSPS) is 14.8. The minimum atomic E-state index is 0.161. The minimum Gasteiger partial charge on any atom is -0.317 e. The summed E-state index contributed by atoms with van der Waals surface area (Å²) in [6.45, 7) is 13.5. The summed E-state index contributed by atoms with van der Waals surface area (Å²) in [4.78, 5) is 4.78. The van der Waals surface area contributed by atoms with Gasteiger partial charge in [-0.15, -0.1) is 11.3 Å². The number of aromatic nitrogens is 1. The second-order valence-corrected chi connectivity index (χ2v) is 8.27. The van der Waals surface area contributed by atoms with E-state index in [-0.39, 0.29) is 5.41 Å². The van der Waals surface area contributed by atoms with Crippen LogP contribution in [0.3, 0.4) is 0 Å². The third-order valence-electron chi connectivity index (χ3n) is 3.01. The van der Waals surface area contributed by atoms with Crippen LogP contribution in [-0.4, -0.2) is 18.1 Å². The van der Waals surface area contributed by atoms with E-state index in [4.69, 9.17) is 4.98 Å². The smallest absolute Gasteiger partial charge is 0.0944 e. The standard InChI is InChI=1S/C15H28N2S/c1-14(2,3)9-11(16-7)8-13-17-12(10-18-13)15(4,5)6/h10-11,16H,8-9H2,1-7H3. The SMILES string of the molecule is CNC(Cc1nc(C(C)(C)C)cs1)CC(C)(C)C. The van der Waals surface area contributed by atoms with Crippen molar-refractivity contribution in [2.45, 2.75) is 65.8 Å². The lowest BCUT2D eigenvalue weighted by atomic mass is 9.87. The highest BCUT2D eigenvalue weighted by atomic mass is 32.1. The molecule has 2 nitrogen and oxygen atoms in total. The van der Waals surface area contributed by atoms with Crippen molar-refractivity contribution >= 4 is 11.3 Å². The molecule has 0 amide bonds. The van der Waals surface area contributed by atoms with E-state index in [1.54, 1.807) is 11.3 Å². The molecule has 0 aromatic carbocycles. The number of likely N-dealkylation sites (N-methyl/N-ethyl adjacent to an activating group) is 1. The van der Waals surface area contributed by atoms with Crippen LogP contribution in [-0.2, 0) is 11.8 Å². The maximum atomic E-state index is 4.78. The summed E-state index contributed by atoms with van der Waals surface area (Å²) in [5, 5.41) is 6.88. The quantitative estimate of drug-likeness (QED) is 0.892. The first-order valence-corrected chi connectivity index (χ1v) is 7.62. The molecule has 0 aliphatic rings. The van der Waals surface area contributed by atoms with E-state index >= 15 is 0 Å². The van der Waals surface area contributed by atoms with Crippen molar-refractivity contribution in [3.8, 4) is 0 Å². The van der Waals surface area contributed by atoms with Gasteiger partial charge in [-0.1, -0.05) is 41.5 Å². The van der Waals surface area contributed by atoms with Crippen molar-refractivity contribution in [2.75, 3.05) is 7.05 Å². The second kappa shape index (κ2) is 5.70. The summed E-state index contributed by atoms with van der Waals surface area (Å²) in [5.41, 5.74) is 1.74. The maximum Gasteiger partial charge on any atom is 0.0944 e. The zero-order valence-corrected chi connectivity index (χ0v) is 13.7. The molecule has 0 aliphatic heterocycles. The highest BCUT2D eigenvalue weighted by Crippen LogP contribution is 2.26. The van der Waals surface area contributed by atoms with E-state index in [2.05, 4.69) is 59.3 Å². The van der Waals surface area contributed by atoms with E-state index in [0.717, 1.165) is 6.42 Å². The van der Waals surface area contributed by atoms with Gasteiger partial charge in [0.2, 0.25) is 0 Å². The Kier molecular flexibility index (Phi) is 4.96. The van der Waals surface area contributed by atoms with Gasteiger partial charge in [-0.2, -0.15) is 0 Å². The van der Waals surface area contributed by atoms with E-state index in [0.29, 0.717) is 11.5 Å². The molecule has 1 unspecified atom stereocenters. The predicted octanol–water partition coefficient (Wildman–Crippen LogP) is 4.01. The highest BCUT2D eigenvalue weighted by Gasteiger charge is 2.21. The van der Waals surface area contributed by atoms with Gasteiger partial charge in [0, 0.05) is 23.3 Å². The summed E-state index contributed by atoms with van der Waals surface area (Å²) in [6.07, 6.45) is 2.21. The first-order chi connectivity index (χ1) is 8.12. The maximum absolute atomic E-state index is 4.78. The first-order valence-electron chi connectivity index (χ1n) is 6.74. The molecule has 0 spiro atoms. The minimum absolute atomic E-state index is 0.161. The Hall–Kier alpha value is -0.410. The fourth-order valence-electron chi connectivity index (χ4n) is 1.98. The number of hydrogen-bond acceptors (Lipinski definition) is 3. The van der Waals surface area contributed by atoms with Crippen LogP contribution in [0.2, 0.25) is 0 Å². The monoisotopic (exact) mass is 268 g/mol. The number of rotatable bonds is 4. The van der Waals surface area contributed by atoms with Gasteiger partial charge >= 0.3 is 0 Å². The Morgan fingerprint density at radius 3 is 2.22 bits per heavy atom. The molecule has 1 N–H and O–H groups in total. The molecule has 18 heavy (non-hydrogen) atoms. The lowest BCUT2D eigenvalue weighted by molar-refractivity contribution is 0.315. The van der Waals surface area contributed by atoms with Crippen LogP contribution in [0, 0.1) is 5.41 Å². The zero-order valence-electron chi connectivity index (χ0n) is 12.9. The Bertz CT molecular complexity index is 369. The largest absolute Gasteiger partial charge is 0.317 e. The van der Waals surface area contributed by atoms with Crippen LogP contribution in [0.4, 0.5) is 0 Å². The topological polar surface area (TPSA) is 24.9 Å². The molecule has 0 bridgehead atoms. The zero-order chi connectivity index (χ0) is 14.0. The molecule has 0 saturated carbocycles. The molecule has 0 saturated heterocycles. The summed E-state index contributed by atoms with van der Waals surface area (Å²) in [5.74, 6) is 0. The predicted molar refractivity (Wildman–Crippen MR) is 81.4 cm³/mol. The van der Waals surface area contributed by atoms with Gasteiger partial charge in [-0.3, -0.25) is 0 Å². The van der Waals surface area contributed by atoms with E-state index < -0.39 is 0 Å². The third-order valence-corrected chi connectivity index (χ3v) is 3.88. The van der Waals surface area contributed by atoms with Crippen molar-refractivity contribution in [3.05, 3.63) is 16.1 Å². The molecule has 1 rings (SSSR count). The lowest BCUT2D eigenvalue weighted by Crippen LogP contribution is -2.32. The number of thiazole rings is 1. The van der Waals surface area contributed by atoms with Gasteiger partial charge in [-0.25, -0.2) is 4.98 Å². The van der Waals surface area contributed by atoms with E-state index in [1.807, 2.05) is 0 Å². The molecular weight excluding hydrogens is 240 g/mol. The Morgan fingerprint density at radius 1 is 1.22 bits per heavy atom. The molecule has 1 aromatic heterocycles. The van der Waals surface area contributed by atoms with Crippen molar-refractivity contribution in [2.24, 2.45) is 5.41 Å². The van der Waals surface area contributed by atoms with Crippen molar-refractivity contribution in [3.63, 3.8) is 0 Å². The van der Waals surface area contributed by atoms with Gasteiger partial charge in [0.05, 0.1) is 10.7 Å². The Balaban J connectivity index is 2.68. The second-order valence-electron chi connectivity index (χ2n) is 7.33. The highest BCUT2D eigenvalue weighted by molar-refractivity contribution is 7.09. The summed E-state index contributed by atoms with van der Waals surface area (Å²) >= 11 is 1.80. The summed E-state index contributed by atoms with van der Waals surface area (Å²) in [6, 6.07) is 0.518. The lowest BCUT2D eigenvalue weighted by Gasteiger charge is -2.25. The number of hydrogen-bond donors (Lipinski definition) is 1. The fourth-order valence-corrected chi connectivity index (χ4v) is 3.08. The molecule has 0 radical (unpaired) electrons. The van der Waals surface area contributed by atoms with Crippen LogP contribution in [0.5, 0.6) is 0 Å². The molecule has 1 heterocycles. The molecule has 3 heteroatoms. The van der Waals surface area contributed by atoms with Crippen LogP contribution >= 0.6 is 11.3 Å². The van der Waals surface area contributed by atoms with E-state index in [9.17, 15) is 0 Å². The van der Waals surface area contributed by atoms with Gasteiger partial charge in [0.25, 0.3) is 0 Å². The summed E-state index contributed by atoms with van der Waals surface area (Å²) < 4.78 is 0. The van der Waals surface area contributed by atoms with Crippen LogP contribution in [0.15, 0.2) is 5.38 Å². The van der Waals surface area contributed by atoms with Crippen LogP contribution < -0.4 is 5.32 Å². The fraction of sp³-hybridized carbons (Fsp3) is 0.800. The van der Waals surface area contributed by atoms with Gasteiger partial charge in [0.1, 0.15) is 0 Å². The van der Waals surface area contributed by atoms with Crippen molar-refractivity contribution in [1.82, 2.24) is 10.3 Å². The molecule has 0 fully saturated rings. The number of nitrogens with zero attached hydrogens (tertiary/aromatic N) is 1. The average Bonchev–Trinajstić information content (AvgIpc) is 2.62. The molecule has 1 aromatic rings. The van der Waals surface area contributed by atoms with Gasteiger partial charge in [0.15, 0.2) is 0 Å². The molecule has 104 valence electrons. The Morgan fingerprint density at radius 2 is 1.83 bits per heavy atom. The van der Waals surface area contributed by atoms with Crippen molar-refractivity contribution < 1.29 is 0 Å². The number of nitrogens with one attached hydrogen (secondary N) is 1. The third kappa shape index (κ3) is 5.07. The molecular formula is C15H28N2S. The first kappa shape index (κ1) is 15.6. The Labute approximate surface area is 116 Å². The average molecular weight is 268 g/mol. The molecule has 0 aliphatic carbocycles. The van der Waals surface area contributed by atoms with Gasteiger partial charge < -0.3 is 5.32 Å². The van der Waals surface area contributed by atoms with Crippen LogP contribution in [0.1, 0.15) is 58.7 Å². The van der Waals surface area contributed by atoms with E-state index in [1.165, 1.54) is 17.1 Å².